The van der Waals surface area contributed by atoms with Crippen molar-refractivity contribution >= 4 is 43.5 Å². The molecule has 2 aromatic rings. The summed E-state index contributed by atoms with van der Waals surface area (Å²) < 4.78 is 30.5. The van der Waals surface area contributed by atoms with Gasteiger partial charge in [-0.15, -0.1) is 0 Å². The lowest BCUT2D eigenvalue weighted by atomic mass is 9.96. The van der Waals surface area contributed by atoms with Gasteiger partial charge in [0.1, 0.15) is 0 Å². The third-order valence-electron chi connectivity index (χ3n) is 3.67. The number of fused-ring (bicyclic) bond motifs is 1. The van der Waals surface area contributed by atoms with E-state index in [0.29, 0.717) is 15.0 Å². The number of aromatic nitrogens is 1. The van der Waals surface area contributed by atoms with Crippen LogP contribution in [0.2, 0.25) is 0 Å². The molecule has 0 spiro atoms. The minimum Gasteiger partial charge on any atom is -0.466 e. The lowest BCUT2D eigenvalue weighted by Crippen LogP contribution is -2.24. The molecule has 2 N–H and O–H groups in total. The highest BCUT2D eigenvalue weighted by molar-refractivity contribution is 7.89. The van der Waals surface area contributed by atoms with Gasteiger partial charge in [-0.05, 0) is 25.1 Å². The molecule has 8 nitrogen and oxygen atoms in total. The van der Waals surface area contributed by atoms with Gasteiger partial charge in [0.2, 0.25) is 10.0 Å². The third kappa shape index (κ3) is 5.24. The summed E-state index contributed by atoms with van der Waals surface area (Å²) in [6, 6.07) is 4.43. The Morgan fingerprint density at radius 2 is 1.96 bits per heavy atom. The van der Waals surface area contributed by atoms with E-state index in [4.69, 9.17) is 9.88 Å². The summed E-state index contributed by atoms with van der Waals surface area (Å²) in [5, 5.41) is 5.19. The van der Waals surface area contributed by atoms with Crippen molar-refractivity contribution in [2.24, 2.45) is 15.5 Å². The van der Waals surface area contributed by atoms with Crippen LogP contribution in [-0.4, -0.2) is 31.5 Å². The first-order chi connectivity index (χ1) is 12.4. The fourth-order valence-corrected chi connectivity index (χ4v) is 3.93. The van der Waals surface area contributed by atoms with Crippen LogP contribution < -0.4 is 9.94 Å². The van der Waals surface area contributed by atoms with Gasteiger partial charge in [-0.1, -0.05) is 32.1 Å². The van der Waals surface area contributed by atoms with Crippen molar-refractivity contribution in [1.82, 2.24) is 4.57 Å². The molecule has 1 amide bonds. The number of carbonyl (C=O) groups excluding carboxylic acids is 2. The van der Waals surface area contributed by atoms with Crippen LogP contribution in [0.15, 0.2) is 28.1 Å². The van der Waals surface area contributed by atoms with Crippen LogP contribution in [0.5, 0.6) is 0 Å². The second kappa shape index (κ2) is 7.91. The van der Waals surface area contributed by atoms with Crippen molar-refractivity contribution in [2.75, 3.05) is 6.61 Å². The molecular weight excluding hydrogens is 390 g/mol. The number of sulfonamides is 1. The van der Waals surface area contributed by atoms with E-state index in [1.165, 1.54) is 23.5 Å². The van der Waals surface area contributed by atoms with Gasteiger partial charge < -0.3 is 9.30 Å². The Kier molecular flexibility index (Phi) is 6.23. The highest BCUT2D eigenvalue weighted by Gasteiger charge is 2.21. The minimum atomic E-state index is -3.85. The van der Waals surface area contributed by atoms with Crippen LogP contribution in [0.4, 0.5) is 0 Å². The molecule has 0 radical (unpaired) electrons. The number of nitrogens with zero attached hydrogens (tertiary/aromatic N) is 2. The minimum absolute atomic E-state index is 0.0255. The quantitative estimate of drug-likeness (QED) is 0.749. The van der Waals surface area contributed by atoms with Crippen molar-refractivity contribution < 1.29 is 22.7 Å². The average molecular weight is 414 g/mol. The van der Waals surface area contributed by atoms with Crippen LogP contribution in [0.1, 0.15) is 34.1 Å². The average Bonchev–Trinajstić information content (AvgIpc) is 2.87. The Bertz CT molecular complexity index is 1040. The predicted octanol–water partition coefficient (Wildman–Crippen LogP) is 1.78. The van der Waals surface area contributed by atoms with Crippen LogP contribution in [-0.2, 0) is 30.9 Å². The van der Waals surface area contributed by atoms with Crippen molar-refractivity contribution in [2.45, 2.75) is 45.6 Å². The van der Waals surface area contributed by atoms with Crippen LogP contribution >= 0.6 is 11.3 Å². The number of thiazole rings is 1. The zero-order chi connectivity index (χ0) is 20.4. The Morgan fingerprint density at radius 1 is 1.30 bits per heavy atom. The van der Waals surface area contributed by atoms with E-state index in [0.717, 1.165) is 0 Å². The highest BCUT2D eigenvalue weighted by Crippen LogP contribution is 2.22. The topological polar surface area (TPSA) is 121 Å². The maximum Gasteiger partial charge on any atom is 0.307 e. The van der Waals surface area contributed by atoms with Gasteiger partial charge >= 0.3 is 5.97 Å². The third-order valence-corrected chi connectivity index (χ3v) is 5.62. The Hall–Kier alpha value is -2.04. The number of hydrogen-bond acceptors (Lipinski definition) is 6. The molecular formula is C17H23N3O5S2. The Balaban J connectivity index is 2.60. The van der Waals surface area contributed by atoms with E-state index in [1.807, 2.05) is 0 Å². The molecule has 1 aromatic heterocycles. The lowest BCUT2D eigenvalue weighted by molar-refractivity contribution is -0.143. The summed E-state index contributed by atoms with van der Waals surface area (Å²) in [6.07, 6.45) is 0.105. The molecule has 148 valence electrons. The number of benzene rings is 1. The van der Waals surface area contributed by atoms with E-state index < -0.39 is 15.4 Å². The summed E-state index contributed by atoms with van der Waals surface area (Å²) in [6.45, 7) is 7.54. The molecule has 27 heavy (non-hydrogen) atoms. The molecule has 0 saturated carbocycles. The van der Waals surface area contributed by atoms with Crippen LogP contribution in [0.3, 0.4) is 0 Å². The van der Waals surface area contributed by atoms with E-state index in [2.05, 4.69) is 4.99 Å². The number of carbonyl (C=O) groups is 2. The van der Waals surface area contributed by atoms with Crippen LogP contribution in [0.25, 0.3) is 10.2 Å². The summed E-state index contributed by atoms with van der Waals surface area (Å²) in [5.41, 5.74) is -0.00174. The number of primary sulfonamides is 1. The van der Waals surface area contributed by atoms with Gasteiger partial charge in [0, 0.05) is 12.0 Å². The Labute approximate surface area is 161 Å². The largest absolute Gasteiger partial charge is 0.466 e. The number of rotatable bonds is 5. The zero-order valence-electron chi connectivity index (χ0n) is 15.7. The number of aryl methyl sites for hydroxylation is 1. The fourth-order valence-electron chi connectivity index (χ4n) is 2.22. The molecule has 0 saturated heterocycles. The molecule has 0 aliphatic rings. The maximum absolute atomic E-state index is 12.3. The molecule has 0 unspecified atom stereocenters. The number of hydrogen-bond donors (Lipinski definition) is 1. The first-order valence-electron chi connectivity index (χ1n) is 8.34. The summed E-state index contributed by atoms with van der Waals surface area (Å²) >= 11 is 1.17. The molecule has 0 fully saturated rings. The summed E-state index contributed by atoms with van der Waals surface area (Å²) in [5.74, 6) is -0.677. The second-order valence-electron chi connectivity index (χ2n) is 6.93. The number of ether oxygens (including phenoxy) is 1. The van der Waals surface area contributed by atoms with Gasteiger partial charge in [-0.3, -0.25) is 9.59 Å². The zero-order valence-corrected chi connectivity index (χ0v) is 17.3. The van der Waals surface area contributed by atoms with Gasteiger partial charge in [0.15, 0.2) is 4.80 Å². The van der Waals surface area contributed by atoms with Gasteiger partial charge in [0.25, 0.3) is 5.91 Å². The van der Waals surface area contributed by atoms with Crippen molar-refractivity contribution in [3.63, 3.8) is 0 Å². The molecule has 0 bridgehead atoms. The SMILES string of the molecule is CCOC(=O)CCn1c(=NC(=O)C(C)(C)C)sc2cc(S(N)(=O)=O)ccc21. The second-order valence-corrected chi connectivity index (χ2v) is 9.50. The predicted molar refractivity (Wildman–Crippen MR) is 102 cm³/mol. The molecule has 1 aromatic carbocycles. The number of nitrogens with two attached hydrogens (primary N) is 1. The monoisotopic (exact) mass is 413 g/mol. The van der Waals surface area contributed by atoms with Crippen molar-refractivity contribution in [1.29, 1.82) is 0 Å². The van der Waals surface area contributed by atoms with Gasteiger partial charge in [-0.25, -0.2) is 13.6 Å². The summed E-state index contributed by atoms with van der Waals surface area (Å²) in [7, 11) is -3.85. The normalized spacial score (nSPS) is 13.1. The van der Waals surface area contributed by atoms with E-state index in [9.17, 15) is 18.0 Å². The number of amides is 1. The fraction of sp³-hybridized carbons (Fsp3) is 0.471. The first kappa shape index (κ1) is 21.3. The molecule has 1 heterocycles. The van der Waals surface area contributed by atoms with Gasteiger partial charge in [0.05, 0.1) is 28.1 Å². The molecule has 0 aliphatic heterocycles. The van der Waals surface area contributed by atoms with Crippen molar-refractivity contribution in [3.05, 3.63) is 23.0 Å². The molecule has 2 rings (SSSR count). The molecule has 0 atom stereocenters. The van der Waals surface area contributed by atoms with Crippen LogP contribution in [0, 0.1) is 5.41 Å². The smallest absolute Gasteiger partial charge is 0.307 e. The van der Waals surface area contributed by atoms with E-state index in [1.54, 1.807) is 38.3 Å². The van der Waals surface area contributed by atoms with Gasteiger partial charge in [-0.2, -0.15) is 4.99 Å². The maximum atomic E-state index is 12.3. The first-order valence-corrected chi connectivity index (χ1v) is 10.7. The van der Waals surface area contributed by atoms with Crippen molar-refractivity contribution in [3.8, 4) is 0 Å². The molecule has 0 aliphatic carbocycles. The highest BCUT2D eigenvalue weighted by atomic mass is 32.2. The molecule has 10 heteroatoms. The van der Waals surface area contributed by atoms with E-state index in [-0.39, 0.29) is 36.3 Å². The Morgan fingerprint density at radius 3 is 2.52 bits per heavy atom. The van der Waals surface area contributed by atoms with E-state index >= 15 is 0 Å². The summed E-state index contributed by atoms with van der Waals surface area (Å²) in [4.78, 5) is 28.6. The standard InChI is InChI=1S/C17H23N3O5S2/c1-5-25-14(21)8-9-20-12-7-6-11(27(18,23)24)10-13(12)26-16(20)19-15(22)17(2,3)4/h6-7,10H,5,8-9H2,1-4H3,(H2,18,23,24). The number of esters is 1. The lowest BCUT2D eigenvalue weighted by Gasteiger charge is -2.12.